The lowest BCUT2D eigenvalue weighted by molar-refractivity contribution is -0.142. The van der Waals surface area contributed by atoms with Gasteiger partial charge in [0.25, 0.3) is 5.91 Å². The Hall–Kier alpha value is -4.15. The lowest BCUT2D eigenvalue weighted by Gasteiger charge is -2.40. The van der Waals surface area contributed by atoms with Gasteiger partial charge in [-0.25, -0.2) is 4.79 Å². The molecule has 1 aliphatic carbocycles. The summed E-state index contributed by atoms with van der Waals surface area (Å²) in [7, 11) is 0. The molecule has 4 N–H and O–H groups in total. The van der Waals surface area contributed by atoms with Crippen molar-refractivity contribution < 1.29 is 29.1 Å². The molecule has 3 aromatic rings. The predicted molar refractivity (Wildman–Crippen MR) is 185 cm³/mol. The van der Waals surface area contributed by atoms with Crippen molar-refractivity contribution >= 4 is 69.3 Å². The van der Waals surface area contributed by atoms with Crippen molar-refractivity contribution in [1.82, 2.24) is 15.5 Å². The second-order valence-corrected chi connectivity index (χ2v) is 13.7. The number of hydrogen-bond acceptors (Lipinski definition) is 5. The Morgan fingerprint density at radius 2 is 1.40 bits per heavy atom. The molecule has 4 amide bonds. The molecule has 254 valence electrons. The number of piperidine rings is 1. The molecule has 2 aliphatic rings. The van der Waals surface area contributed by atoms with E-state index in [1.54, 1.807) is 11.0 Å². The molecule has 10 nitrogen and oxygen atoms in total. The number of likely N-dealkylation sites (tertiary alicyclic amines) is 1. The molecule has 1 heterocycles. The molecule has 2 atom stereocenters. The van der Waals surface area contributed by atoms with Gasteiger partial charge >= 0.3 is 5.97 Å². The first kappa shape index (κ1) is 35.2. The maximum atomic E-state index is 13.7. The number of aliphatic carboxylic acids is 1. The van der Waals surface area contributed by atoms with Gasteiger partial charge in [0.1, 0.15) is 12.1 Å². The van der Waals surface area contributed by atoms with Gasteiger partial charge in [0.15, 0.2) is 0 Å². The van der Waals surface area contributed by atoms with Gasteiger partial charge in [-0.2, -0.15) is 0 Å². The molecule has 1 aliphatic heterocycles. The van der Waals surface area contributed by atoms with E-state index in [2.05, 4.69) is 16.0 Å². The number of nitrogens with one attached hydrogen (secondary N) is 3. The Balaban J connectivity index is 1.19. The summed E-state index contributed by atoms with van der Waals surface area (Å²) in [5.41, 5.74) is 1.06. The average molecular weight is 696 g/mol. The van der Waals surface area contributed by atoms with Crippen LogP contribution >= 0.6 is 23.2 Å². The first-order valence-corrected chi connectivity index (χ1v) is 17.1. The topological polar surface area (TPSA) is 145 Å². The van der Waals surface area contributed by atoms with Crippen LogP contribution in [0.3, 0.4) is 0 Å². The highest BCUT2D eigenvalue weighted by Gasteiger charge is 2.39. The highest BCUT2D eigenvalue weighted by Crippen LogP contribution is 2.46. The predicted octanol–water partition coefficient (Wildman–Crippen LogP) is 6.20. The van der Waals surface area contributed by atoms with Crippen LogP contribution in [-0.4, -0.2) is 64.8 Å². The van der Waals surface area contributed by atoms with E-state index in [1.807, 2.05) is 36.4 Å². The number of fused-ring (bicyclic) bond motifs is 1. The number of carboxylic acid groups (broad SMARTS) is 1. The number of anilines is 1. The first-order chi connectivity index (χ1) is 23.0. The van der Waals surface area contributed by atoms with E-state index in [0.29, 0.717) is 18.8 Å². The normalized spacial score (nSPS) is 16.7. The number of amides is 4. The number of carbonyl (C=O) groups is 5. The fraction of sp³-hybridized carbons (Fsp3) is 0.417. The summed E-state index contributed by atoms with van der Waals surface area (Å²) in [6.07, 6.45) is 5.98. The molecule has 0 aromatic heterocycles. The highest BCUT2D eigenvalue weighted by molar-refractivity contribution is 6.35. The molecule has 12 heteroatoms. The molecular weight excluding hydrogens is 655 g/mol. The van der Waals surface area contributed by atoms with Crippen LogP contribution in [0.25, 0.3) is 10.8 Å². The van der Waals surface area contributed by atoms with Gasteiger partial charge in [0, 0.05) is 52.6 Å². The average Bonchev–Trinajstić information content (AvgIpc) is 3.52. The molecule has 5 rings (SSSR count). The number of halogens is 2. The van der Waals surface area contributed by atoms with Crippen LogP contribution in [0.4, 0.5) is 5.69 Å². The smallest absolute Gasteiger partial charge is 0.326 e. The zero-order chi connectivity index (χ0) is 34.3. The summed E-state index contributed by atoms with van der Waals surface area (Å²) < 4.78 is 0. The maximum Gasteiger partial charge on any atom is 0.326 e. The van der Waals surface area contributed by atoms with Gasteiger partial charge in [-0.05, 0) is 73.6 Å². The van der Waals surface area contributed by atoms with Crippen molar-refractivity contribution in [3.05, 3.63) is 76.3 Å². The lowest BCUT2D eigenvalue weighted by Crippen LogP contribution is -2.52. The zero-order valence-electron chi connectivity index (χ0n) is 26.6. The van der Waals surface area contributed by atoms with Crippen LogP contribution in [-0.2, 0) is 19.2 Å². The molecule has 0 radical (unpaired) electrons. The van der Waals surface area contributed by atoms with Gasteiger partial charge in [0.2, 0.25) is 17.7 Å². The Morgan fingerprint density at radius 3 is 2.08 bits per heavy atom. The summed E-state index contributed by atoms with van der Waals surface area (Å²) in [4.78, 5) is 66.4. The van der Waals surface area contributed by atoms with Gasteiger partial charge < -0.3 is 26.0 Å². The van der Waals surface area contributed by atoms with Crippen molar-refractivity contribution in [2.24, 2.45) is 5.41 Å². The largest absolute Gasteiger partial charge is 0.480 e. The third kappa shape index (κ3) is 9.05. The van der Waals surface area contributed by atoms with Crippen LogP contribution < -0.4 is 16.0 Å². The van der Waals surface area contributed by atoms with Gasteiger partial charge in [-0.1, -0.05) is 72.4 Å². The summed E-state index contributed by atoms with van der Waals surface area (Å²) in [5.74, 6) is -3.14. The van der Waals surface area contributed by atoms with Crippen molar-refractivity contribution in [2.45, 2.75) is 76.3 Å². The summed E-state index contributed by atoms with van der Waals surface area (Å²) in [5, 5.41) is 20.2. The molecule has 3 aromatic carbocycles. The summed E-state index contributed by atoms with van der Waals surface area (Å²) in [6, 6.07) is 15.1. The van der Waals surface area contributed by atoms with Crippen LogP contribution in [0.5, 0.6) is 0 Å². The van der Waals surface area contributed by atoms with Crippen LogP contribution in [0.1, 0.15) is 74.6 Å². The highest BCUT2D eigenvalue weighted by atomic mass is 35.5. The zero-order valence-corrected chi connectivity index (χ0v) is 28.1. The maximum absolute atomic E-state index is 13.7. The Bertz CT molecular complexity index is 1660. The summed E-state index contributed by atoms with van der Waals surface area (Å²) >= 11 is 12.2. The number of carboxylic acids is 1. The Kier molecular flexibility index (Phi) is 11.6. The third-order valence-electron chi connectivity index (χ3n) is 9.55. The quantitative estimate of drug-likeness (QED) is 0.178. The molecule has 1 saturated carbocycles. The molecule has 48 heavy (non-hydrogen) atoms. The SMILES string of the molecule is O=C(CC[C@@H](NC(=O)CC[C@@H](NC(=O)c1cc(Cl)cc(Cl)c1)C(=O)N1CCC2(CCCC2)CC1)C(=O)O)Nc1cccc2ccccc12. The fourth-order valence-electron chi connectivity index (χ4n) is 6.85. The Labute approximate surface area is 289 Å². The van der Waals surface area contributed by atoms with Crippen molar-refractivity contribution in [1.29, 1.82) is 0 Å². The summed E-state index contributed by atoms with van der Waals surface area (Å²) in [6.45, 7) is 1.14. The second kappa shape index (κ2) is 15.8. The minimum Gasteiger partial charge on any atom is -0.480 e. The lowest BCUT2D eigenvalue weighted by atomic mass is 9.77. The second-order valence-electron chi connectivity index (χ2n) is 12.8. The van der Waals surface area contributed by atoms with Crippen molar-refractivity contribution in [3.63, 3.8) is 0 Å². The van der Waals surface area contributed by atoms with E-state index in [-0.39, 0.29) is 58.5 Å². The standard InChI is InChI=1S/C36H40Cl2N4O6/c37-25-20-24(21-26(38)22-25)33(45)41-29(34(46)42-18-16-36(17-19-42)14-3-4-15-36)10-12-32(44)40-30(35(47)48)11-13-31(43)39-28-9-5-7-23-6-1-2-8-27(23)28/h1-2,5-9,20-22,29-30H,3-4,10-19H2,(H,39,43)(H,40,44)(H,41,45)(H,47,48)/t29-,30-/m1/s1. The minimum absolute atomic E-state index is 0.0553. The number of rotatable bonds is 12. The molecule has 2 fully saturated rings. The number of carbonyl (C=O) groups excluding carboxylic acids is 4. The van der Waals surface area contributed by atoms with E-state index >= 15 is 0 Å². The first-order valence-electron chi connectivity index (χ1n) is 16.4. The van der Waals surface area contributed by atoms with Crippen LogP contribution in [0, 0.1) is 5.41 Å². The van der Waals surface area contributed by atoms with Crippen molar-refractivity contribution in [3.8, 4) is 0 Å². The minimum atomic E-state index is -1.32. The van der Waals surface area contributed by atoms with Gasteiger partial charge in [-0.15, -0.1) is 0 Å². The fourth-order valence-corrected chi connectivity index (χ4v) is 7.38. The monoisotopic (exact) mass is 694 g/mol. The molecule has 1 saturated heterocycles. The third-order valence-corrected chi connectivity index (χ3v) is 9.98. The van der Waals surface area contributed by atoms with Gasteiger partial charge in [0.05, 0.1) is 0 Å². The van der Waals surface area contributed by atoms with E-state index in [9.17, 15) is 29.1 Å². The van der Waals surface area contributed by atoms with E-state index in [0.717, 1.165) is 23.6 Å². The molecule has 0 bridgehead atoms. The van der Waals surface area contributed by atoms with E-state index in [4.69, 9.17) is 23.2 Å². The number of hydrogen-bond donors (Lipinski definition) is 4. The van der Waals surface area contributed by atoms with Crippen LogP contribution in [0.2, 0.25) is 10.0 Å². The Morgan fingerprint density at radius 1 is 0.771 bits per heavy atom. The molecule has 0 unspecified atom stereocenters. The van der Waals surface area contributed by atoms with E-state index < -0.39 is 29.9 Å². The van der Waals surface area contributed by atoms with Crippen LogP contribution in [0.15, 0.2) is 60.7 Å². The number of benzene rings is 3. The number of nitrogens with zero attached hydrogens (tertiary/aromatic N) is 1. The molecular formula is C36H40Cl2N4O6. The molecule has 1 spiro atoms. The van der Waals surface area contributed by atoms with E-state index in [1.165, 1.54) is 43.9 Å². The van der Waals surface area contributed by atoms with Gasteiger partial charge in [-0.3, -0.25) is 19.2 Å². The van der Waals surface area contributed by atoms with Crippen molar-refractivity contribution in [2.75, 3.05) is 18.4 Å².